The molecule has 0 aliphatic rings. The fourth-order valence-corrected chi connectivity index (χ4v) is 1.08. The first-order valence-corrected chi connectivity index (χ1v) is 3.84. The lowest BCUT2D eigenvalue weighted by Gasteiger charge is -2.07. The highest BCUT2D eigenvalue weighted by molar-refractivity contribution is 5.96. The van der Waals surface area contributed by atoms with Crippen LogP contribution in [0.25, 0.3) is 0 Å². The van der Waals surface area contributed by atoms with Crippen molar-refractivity contribution in [1.29, 1.82) is 0 Å². The van der Waals surface area contributed by atoms with Crippen LogP contribution in [0.15, 0.2) is 18.2 Å². The monoisotopic (exact) mass is 180 g/mol. The van der Waals surface area contributed by atoms with Gasteiger partial charge < -0.3 is 4.74 Å². The fourth-order valence-electron chi connectivity index (χ4n) is 1.08. The van der Waals surface area contributed by atoms with Crippen LogP contribution in [0.5, 0.6) is 5.75 Å². The topological polar surface area (TPSA) is 64.3 Å². The number of hydrazine groups is 1. The number of rotatable bonds is 2. The van der Waals surface area contributed by atoms with Crippen LogP contribution in [0.3, 0.4) is 0 Å². The second-order valence-electron chi connectivity index (χ2n) is 2.68. The maximum atomic E-state index is 11.2. The number of ether oxygens (including phenoxy) is 1. The molecule has 0 aromatic heterocycles. The molecule has 4 heteroatoms. The van der Waals surface area contributed by atoms with Crippen molar-refractivity contribution < 1.29 is 9.53 Å². The molecule has 0 spiro atoms. The Hall–Kier alpha value is -1.55. The molecule has 3 N–H and O–H groups in total. The Kier molecular flexibility index (Phi) is 2.87. The minimum absolute atomic E-state index is 0.347. The fraction of sp³-hybridized carbons (Fsp3) is 0.222. The highest BCUT2D eigenvalue weighted by atomic mass is 16.5. The van der Waals surface area contributed by atoms with E-state index in [4.69, 9.17) is 10.6 Å². The lowest BCUT2D eigenvalue weighted by atomic mass is 10.1. The molecule has 0 saturated carbocycles. The SMILES string of the molecule is COc1ccc(C)cc1C(=O)NN. The van der Waals surface area contributed by atoms with Crippen molar-refractivity contribution in [3.05, 3.63) is 29.3 Å². The summed E-state index contributed by atoms with van der Waals surface area (Å²) in [7, 11) is 1.51. The van der Waals surface area contributed by atoms with Crippen molar-refractivity contribution in [1.82, 2.24) is 5.43 Å². The van der Waals surface area contributed by atoms with E-state index < -0.39 is 0 Å². The van der Waals surface area contributed by atoms with Crippen LogP contribution in [-0.2, 0) is 0 Å². The summed E-state index contributed by atoms with van der Waals surface area (Å²) in [5, 5.41) is 0. The molecule has 0 atom stereocenters. The smallest absolute Gasteiger partial charge is 0.268 e. The van der Waals surface area contributed by atoms with Gasteiger partial charge in [0.1, 0.15) is 5.75 Å². The third-order valence-corrected chi connectivity index (χ3v) is 1.73. The van der Waals surface area contributed by atoms with Crippen molar-refractivity contribution in [3.8, 4) is 5.75 Å². The zero-order chi connectivity index (χ0) is 9.84. The molecule has 0 fully saturated rings. The Labute approximate surface area is 76.7 Å². The van der Waals surface area contributed by atoms with E-state index >= 15 is 0 Å². The summed E-state index contributed by atoms with van der Waals surface area (Å²) in [6, 6.07) is 5.33. The van der Waals surface area contributed by atoms with E-state index in [1.165, 1.54) is 7.11 Å². The minimum atomic E-state index is -0.347. The third kappa shape index (κ3) is 1.97. The van der Waals surface area contributed by atoms with E-state index in [1.54, 1.807) is 12.1 Å². The van der Waals surface area contributed by atoms with Gasteiger partial charge in [-0.15, -0.1) is 0 Å². The molecule has 1 aromatic carbocycles. The summed E-state index contributed by atoms with van der Waals surface area (Å²) < 4.78 is 5.01. The van der Waals surface area contributed by atoms with Gasteiger partial charge in [-0.3, -0.25) is 10.2 Å². The van der Waals surface area contributed by atoms with Crippen molar-refractivity contribution >= 4 is 5.91 Å². The van der Waals surface area contributed by atoms with Gasteiger partial charge in [0.25, 0.3) is 5.91 Å². The summed E-state index contributed by atoms with van der Waals surface area (Å²) in [6.45, 7) is 1.90. The second kappa shape index (κ2) is 3.91. The molecular weight excluding hydrogens is 168 g/mol. The summed E-state index contributed by atoms with van der Waals surface area (Å²) in [4.78, 5) is 11.2. The van der Waals surface area contributed by atoms with Gasteiger partial charge in [-0.1, -0.05) is 11.6 Å². The summed E-state index contributed by atoms with van der Waals surface area (Å²) in [5.41, 5.74) is 3.50. The summed E-state index contributed by atoms with van der Waals surface area (Å²) >= 11 is 0. The van der Waals surface area contributed by atoms with E-state index in [2.05, 4.69) is 5.43 Å². The molecular formula is C9H12N2O2. The Morgan fingerprint density at radius 3 is 2.77 bits per heavy atom. The zero-order valence-electron chi connectivity index (χ0n) is 7.63. The van der Waals surface area contributed by atoms with Gasteiger partial charge in [0.05, 0.1) is 12.7 Å². The first kappa shape index (κ1) is 9.54. The van der Waals surface area contributed by atoms with Crippen LogP contribution in [0.1, 0.15) is 15.9 Å². The number of nitrogen functional groups attached to an aromatic ring is 1. The molecule has 1 rings (SSSR count). The molecule has 0 heterocycles. The number of benzene rings is 1. The average molecular weight is 180 g/mol. The number of hydrogen-bond donors (Lipinski definition) is 2. The van der Waals surface area contributed by atoms with Crippen LogP contribution in [-0.4, -0.2) is 13.0 Å². The van der Waals surface area contributed by atoms with Gasteiger partial charge in [-0.05, 0) is 19.1 Å². The van der Waals surface area contributed by atoms with E-state index in [-0.39, 0.29) is 5.91 Å². The maximum Gasteiger partial charge on any atom is 0.268 e. The predicted octanol–water partition coefficient (Wildman–Crippen LogP) is 0.607. The van der Waals surface area contributed by atoms with E-state index in [1.807, 2.05) is 13.0 Å². The largest absolute Gasteiger partial charge is 0.496 e. The predicted molar refractivity (Wildman–Crippen MR) is 49.4 cm³/mol. The van der Waals surface area contributed by atoms with Gasteiger partial charge >= 0.3 is 0 Å². The molecule has 0 bridgehead atoms. The number of amides is 1. The normalized spacial score (nSPS) is 9.46. The first-order valence-electron chi connectivity index (χ1n) is 3.84. The second-order valence-corrected chi connectivity index (χ2v) is 2.68. The molecule has 70 valence electrons. The van der Waals surface area contributed by atoms with Crippen LogP contribution in [0.2, 0.25) is 0 Å². The van der Waals surface area contributed by atoms with Crippen LogP contribution in [0, 0.1) is 6.92 Å². The number of hydrogen-bond acceptors (Lipinski definition) is 3. The highest BCUT2D eigenvalue weighted by Gasteiger charge is 2.10. The Morgan fingerprint density at radius 1 is 1.54 bits per heavy atom. The minimum Gasteiger partial charge on any atom is -0.496 e. The molecule has 13 heavy (non-hydrogen) atoms. The number of carbonyl (C=O) groups excluding carboxylic acids is 1. The molecule has 4 nitrogen and oxygen atoms in total. The van der Waals surface area contributed by atoms with Crippen LogP contribution in [0.4, 0.5) is 0 Å². The number of nitrogens with one attached hydrogen (secondary N) is 1. The molecule has 0 unspecified atom stereocenters. The van der Waals surface area contributed by atoms with Gasteiger partial charge in [0, 0.05) is 0 Å². The molecule has 1 amide bonds. The van der Waals surface area contributed by atoms with Crippen molar-refractivity contribution in [2.24, 2.45) is 5.84 Å². The highest BCUT2D eigenvalue weighted by Crippen LogP contribution is 2.18. The lowest BCUT2D eigenvalue weighted by Crippen LogP contribution is -2.30. The molecule has 1 aromatic rings. The summed E-state index contributed by atoms with van der Waals surface area (Å²) in [5.74, 6) is 5.20. The Balaban J connectivity index is 3.15. The number of aryl methyl sites for hydroxylation is 1. The van der Waals surface area contributed by atoms with Gasteiger partial charge in [-0.2, -0.15) is 0 Å². The van der Waals surface area contributed by atoms with Crippen LogP contribution >= 0.6 is 0 Å². The number of carbonyl (C=O) groups is 1. The molecule has 0 aliphatic carbocycles. The number of methoxy groups -OCH3 is 1. The number of nitrogens with two attached hydrogens (primary N) is 1. The average Bonchev–Trinajstić information content (AvgIpc) is 2.16. The summed E-state index contributed by atoms with van der Waals surface area (Å²) in [6.07, 6.45) is 0. The van der Waals surface area contributed by atoms with Crippen molar-refractivity contribution in [3.63, 3.8) is 0 Å². The molecule has 0 radical (unpaired) electrons. The molecule has 0 aliphatic heterocycles. The van der Waals surface area contributed by atoms with Gasteiger partial charge in [-0.25, -0.2) is 5.84 Å². The van der Waals surface area contributed by atoms with E-state index in [9.17, 15) is 4.79 Å². The Bertz CT molecular complexity index is 323. The first-order chi connectivity index (χ1) is 6.19. The van der Waals surface area contributed by atoms with Crippen molar-refractivity contribution in [2.75, 3.05) is 7.11 Å². The third-order valence-electron chi connectivity index (χ3n) is 1.73. The van der Waals surface area contributed by atoms with Crippen molar-refractivity contribution in [2.45, 2.75) is 6.92 Å². The van der Waals surface area contributed by atoms with Crippen LogP contribution < -0.4 is 16.0 Å². The Morgan fingerprint density at radius 2 is 2.23 bits per heavy atom. The standard InChI is InChI=1S/C9H12N2O2/c1-6-3-4-8(13-2)7(5-6)9(12)11-10/h3-5H,10H2,1-2H3,(H,11,12). The maximum absolute atomic E-state index is 11.2. The van der Waals surface area contributed by atoms with E-state index in [0.717, 1.165) is 5.56 Å². The lowest BCUT2D eigenvalue weighted by molar-refractivity contribution is 0.0950. The zero-order valence-corrected chi connectivity index (χ0v) is 7.63. The molecule has 0 saturated heterocycles. The van der Waals surface area contributed by atoms with Gasteiger partial charge in [0.2, 0.25) is 0 Å². The van der Waals surface area contributed by atoms with E-state index in [0.29, 0.717) is 11.3 Å². The van der Waals surface area contributed by atoms with Gasteiger partial charge in [0.15, 0.2) is 0 Å². The quantitative estimate of drug-likeness (QED) is 0.398.